The third-order valence-electron chi connectivity index (χ3n) is 2.95. The summed E-state index contributed by atoms with van der Waals surface area (Å²) in [5.41, 5.74) is 5.02. The molecule has 2 aromatic carbocycles. The molecular formula is C19H18N2O2. The zero-order valence-electron chi connectivity index (χ0n) is 12.8. The molecule has 0 radical (unpaired) electrons. The third kappa shape index (κ3) is 6.01. The summed E-state index contributed by atoms with van der Waals surface area (Å²) in [6.07, 6.45) is 6.89. The maximum Gasteiger partial charge on any atom is 0.427 e. The fourth-order valence-corrected chi connectivity index (χ4v) is 1.78. The highest BCUT2D eigenvalue weighted by atomic mass is 16.5. The van der Waals surface area contributed by atoms with E-state index in [4.69, 9.17) is 0 Å². The Hall–Kier alpha value is -3.14. The summed E-state index contributed by atoms with van der Waals surface area (Å²) in [6.45, 7) is 0. The van der Waals surface area contributed by atoms with E-state index in [1.54, 1.807) is 0 Å². The van der Waals surface area contributed by atoms with Gasteiger partial charge in [0.15, 0.2) is 0 Å². The van der Waals surface area contributed by atoms with Crippen LogP contribution in [0.1, 0.15) is 11.1 Å². The number of ether oxygens (including phenoxy) is 1. The number of methoxy groups -OCH3 is 1. The summed E-state index contributed by atoms with van der Waals surface area (Å²) in [6, 6.07) is 19.7. The molecule has 2 rings (SSSR count). The van der Waals surface area contributed by atoms with Gasteiger partial charge in [-0.15, -0.1) is 0 Å². The molecule has 0 fully saturated rings. The van der Waals surface area contributed by atoms with Crippen molar-refractivity contribution in [3.63, 3.8) is 0 Å². The first-order chi connectivity index (χ1) is 11.3. The molecule has 2 aromatic rings. The lowest BCUT2D eigenvalue weighted by molar-refractivity contribution is 0.171. The van der Waals surface area contributed by atoms with Gasteiger partial charge in [0.1, 0.15) is 0 Å². The summed E-state index contributed by atoms with van der Waals surface area (Å²) in [5, 5.41) is 4.04. The minimum atomic E-state index is -0.608. The molecule has 0 bridgehead atoms. The summed E-state index contributed by atoms with van der Waals surface area (Å²) in [7, 11) is 1.30. The lowest BCUT2D eigenvalue weighted by atomic mass is 10.1. The maximum absolute atomic E-state index is 11.2. The van der Waals surface area contributed by atoms with E-state index in [0.29, 0.717) is 5.71 Å². The van der Waals surface area contributed by atoms with Gasteiger partial charge in [-0.05, 0) is 23.3 Å². The summed E-state index contributed by atoms with van der Waals surface area (Å²) in [5.74, 6) is 0. The third-order valence-corrected chi connectivity index (χ3v) is 2.95. The molecular weight excluding hydrogens is 288 g/mol. The van der Waals surface area contributed by atoms with Gasteiger partial charge in [0, 0.05) is 0 Å². The van der Waals surface area contributed by atoms with E-state index >= 15 is 0 Å². The number of nitrogens with zero attached hydrogens (tertiary/aromatic N) is 1. The largest absolute Gasteiger partial charge is 0.452 e. The van der Waals surface area contributed by atoms with Gasteiger partial charge in [-0.1, -0.05) is 72.8 Å². The second-order valence-corrected chi connectivity index (χ2v) is 4.63. The van der Waals surface area contributed by atoms with Crippen LogP contribution in [0.3, 0.4) is 0 Å². The van der Waals surface area contributed by atoms with Crippen LogP contribution in [0.25, 0.3) is 12.2 Å². The molecule has 0 heterocycles. The standard InChI is InChI=1S/C19H18N2O2/c1-23-19(22)21-20-18(14-12-16-8-4-2-5-9-16)15-13-17-10-6-3-7-11-17/h2-15H,1H3,(H,21,22). The van der Waals surface area contributed by atoms with Crippen LogP contribution in [0, 0.1) is 0 Å². The molecule has 0 unspecified atom stereocenters. The monoisotopic (exact) mass is 306 g/mol. The van der Waals surface area contributed by atoms with E-state index in [9.17, 15) is 4.79 Å². The fourth-order valence-electron chi connectivity index (χ4n) is 1.78. The Labute approximate surface area is 135 Å². The van der Waals surface area contributed by atoms with Crippen LogP contribution in [0.5, 0.6) is 0 Å². The predicted octanol–water partition coefficient (Wildman–Crippen LogP) is 4.13. The van der Waals surface area contributed by atoms with Crippen LogP contribution in [-0.2, 0) is 4.74 Å². The number of carbonyl (C=O) groups excluding carboxylic acids is 1. The van der Waals surface area contributed by atoms with Crippen molar-refractivity contribution in [2.24, 2.45) is 5.10 Å². The molecule has 4 nitrogen and oxygen atoms in total. The first kappa shape index (κ1) is 16.2. The Bertz CT molecular complexity index is 653. The lowest BCUT2D eigenvalue weighted by Gasteiger charge is -1.99. The second-order valence-electron chi connectivity index (χ2n) is 4.63. The Balaban J connectivity index is 2.16. The fraction of sp³-hybridized carbons (Fsp3) is 0.0526. The molecule has 0 saturated carbocycles. The van der Waals surface area contributed by atoms with Gasteiger partial charge < -0.3 is 4.74 Å². The zero-order valence-corrected chi connectivity index (χ0v) is 12.8. The highest BCUT2D eigenvalue weighted by Crippen LogP contribution is 2.04. The smallest absolute Gasteiger partial charge is 0.427 e. The van der Waals surface area contributed by atoms with Crippen molar-refractivity contribution < 1.29 is 9.53 Å². The first-order valence-corrected chi connectivity index (χ1v) is 7.16. The van der Waals surface area contributed by atoms with Crippen molar-refractivity contribution in [1.29, 1.82) is 0 Å². The number of allylic oxidation sites excluding steroid dienone is 2. The number of nitrogens with one attached hydrogen (secondary N) is 1. The summed E-state index contributed by atoms with van der Waals surface area (Å²) in [4.78, 5) is 11.2. The molecule has 116 valence electrons. The van der Waals surface area contributed by atoms with E-state index in [1.165, 1.54) is 7.11 Å². The quantitative estimate of drug-likeness (QED) is 0.667. The van der Waals surface area contributed by atoms with Crippen LogP contribution in [-0.4, -0.2) is 18.9 Å². The Morgan fingerprint density at radius 2 is 1.39 bits per heavy atom. The molecule has 0 atom stereocenters. The van der Waals surface area contributed by atoms with Crippen LogP contribution in [0.2, 0.25) is 0 Å². The van der Waals surface area contributed by atoms with Crippen molar-refractivity contribution in [3.05, 3.63) is 83.9 Å². The summed E-state index contributed by atoms with van der Waals surface area (Å²) < 4.78 is 4.52. The van der Waals surface area contributed by atoms with Crippen LogP contribution >= 0.6 is 0 Å². The predicted molar refractivity (Wildman–Crippen MR) is 93.9 cm³/mol. The number of rotatable bonds is 5. The molecule has 1 N–H and O–H groups in total. The lowest BCUT2D eigenvalue weighted by Crippen LogP contribution is -2.18. The van der Waals surface area contributed by atoms with Crippen LogP contribution in [0.15, 0.2) is 77.9 Å². The Kier molecular flexibility index (Phi) is 6.35. The highest BCUT2D eigenvalue weighted by molar-refractivity contribution is 6.08. The van der Waals surface area contributed by atoms with Gasteiger partial charge >= 0.3 is 6.09 Å². The minimum absolute atomic E-state index is 0.600. The van der Waals surface area contributed by atoms with E-state index < -0.39 is 6.09 Å². The molecule has 0 aliphatic carbocycles. The molecule has 1 amide bonds. The van der Waals surface area contributed by atoms with E-state index in [0.717, 1.165) is 11.1 Å². The molecule has 0 aliphatic rings. The van der Waals surface area contributed by atoms with Crippen LogP contribution in [0.4, 0.5) is 4.79 Å². The minimum Gasteiger partial charge on any atom is -0.452 e. The van der Waals surface area contributed by atoms with Crippen molar-refractivity contribution in [3.8, 4) is 0 Å². The van der Waals surface area contributed by atoms with Gasteiger partial charge in [-0.2, -0.15) is 5.10 Å². The number of carbonyl (C=O) groups is 1. The molecule has 0 saturated heterocycles. The van der Waals surface area contributed by atoms with Crippen molar-refractivity contribution in [2.75, 3.05) is 7.11 Å². The average Bonchev–Trinajstić information content (AvgIpc) is 2.62. The van der Waals surface area contributed by atoms with E-state index in [1.807, 2.05) is 85.0 Å². The molecule has 4 heteroatoms. The van der Waals surface area contributed by atoms with Gasteiger partial charge in [-0.3, -0.25) is 0 Å². The Morgan fingerprint density at radius 3 is 1.83 bits per heavy atom. The van der Waals surface area contributed by atoms with E-state index in [-0.39, 0.29) is 0 Å². The Morgan fingerprint density at radius 1 is 0.913 bits per heavy atom. The SMILES string of the molecule is COC(=O)NN=C(C=Cc1ccccc1)C=Cc1ccccc1. The molecule has 23 heavy (non-hydrogen) atoms. The van der Waals surface area contributed by atoms with Gasteiger partial charge in [0.2, 0.25) is 0 Å². The number of amides is 1. The number of hydrazone groups is 1. The number of benzene rings is 2. The number of hydrogen-bond acceptors (Lipinski definition) is 3. The molecule has 0 spiro atoms. The highest BCUT2D eigenvalue weighted by Gasteiger charge is 1.96. The van der Waals surface area contributed by atoms with Gasteiger partial charge in [0.05, 0.1) is 12.8 Å². The van der Waals surface area contributed by atoms with Crippen molar-refractivity contribution in [1.82, 2.24) is 5.43 Å². The summed E-state index contributed by atoms with van der Waals surface area (Å²) >= 11 is 0. The van der Waals surface area contributed by atoms with Gasteiger partial charge in [0.25, 0.3) is 0 Å². The second kappa shape index (κ2) is 9.00. The molecule has 0 aromatic heterocycles. The average molecular weight is 306 g/mol. The zero-order chi connectivity index (χ0) is 16.3. The first-order valence-electron chi connectivity index (χ1n) is 7.16. The van der Waals surface area contributed by atoms with E-state index in [2.05, 4.69) is 15.3 Å². The van der Waals surface area contributed by atoms with Crippen molar-refractivity contribution >= 4 is 24.0 Å². The van der Waals surface area contributed by atoms with Crippen molar-refractivity contribution in [2.45, 2.75) is 0 Å². The van der Waals surface area contributed by atoms with Crippen LogP contribution < -0.4 is 5.43 Å². The topological polar surface area (TPSA) is 50.7 Å². The molecule has 0 aliphatic heterocycles. The normalized spacial score (nSPS) is 10.7. The van der Waals surface area contributed by atoms with Gasteiger partial charge in [-0.25, -0.2) is 10.2 Å². The maximum atomic E-state index is 11.2. The number of hydrogen-bond donors (Lipinski definition) is 1.